The smallest absolute Gasteiger partial charge is 0.190 e. The van der Waals surface area contributed by atoms with E-state index in [0.717, 1.165) is 32.1 Å². The monoisotopic (exact) mass is 346 g/mol. The third-order valence-electron chi connectivity index (χ3n) is 8.21. The van der Waals surface area contributed by atoms with Gasteiger partial charge in [0, 0.05) is 10.8 Å². The maximum absolute atomic E-state index is 12.3. The highest BCUT2D eigenvalue weighted by Gasteiger charge is 2.63. The number of hydrogen-bond acceptors (Lipinski definition) is 4. The van der Waals surface area contributed by atoms with Gasteiger partial charge in [-0.25, -0.2) is 0 Å². The molecule has 4 aliphatic carbocycles. The highest BCUT2D eigenvalue weighted by Crippen LogP contribution is 2.65. The Kier molecular flexibility index (Phi) is 3.85. The van der Waals surface area contributed by atoms with Gasteiger partial charge in [-0.15, -0.1) is 0 Å². The van der Waals surface area contributed by atoms with E-state index in [1.165, 1.54) is 11.1 Å². The summed E-state index contributed by atoms with van der Waals surface area (Å²) in [6.45, 7) is 3.77. The number of fused-ring (bicyclic) bond motifs is 5. The Bertz CT molecular complexity index is 665. The molecule has 2 fully saturated rings. The van der Waals surface area contributed by atoms with Crippen LogP contribution in [0.15, 0.2) is 23.3 Å². The number of aliphatic hydroxyl groups is 3. The van der Waals surface area contributed by atoms with Crippen molar-refractivity contribution in [3.63, 3.8) is 0 Å². The van der Waals surface area contributed by atoms with Crippen LogP contribution >= 0.6 is 0 Å². The van der Waals surface area contributed by atoms with Crippen molar-refractivity contribution >= 4 is 5.78 Å². The lowest BCUT2D eigenvalue weighted by Gasteiger charge is -2.54. The van der Waals surface area contributed by atoms with Gasteiger partial charge in [0.15, 0.2) is 5.78 Å². The highest BCUT2D eigenvalue weighted by molar-refractivity contribution is 5.89. The topological polar surface area (TPSA) is 77.8 Å². The molecule has 0 radical (unpaired) electrons. The molecule has 0 aliphatic heterocycles. The molecule has 4 aliphatic rings. The molecular formula is C21H30O4. The largest absolute Gasteiger partial charge is 0.393 e. The van der Waals surface area contributed by atoms with Crippen LogP contribution in [-0.4, -0.2) is 39.4 Å². The van der Waals surface area contributed by atoms with E-state index >= 15 is 0 Å². The Morgan fingerprint density at radius 3 is 2.72 bits per heavy atom. The summed E-state index contributed by atoms with van der Waals surface area (Å²) < 4.78 is 0. The maximum atomic E-state index is 12.3. The van der Waals surface area contributed by atoms with Gasteiger partial charge in [-0.05, 0) is 56.8 Å². The molecule has 3 N–H and O–H groups in total. The summed E-state index contributed by atoms with van der Waals surface area (Å²) in [5.41, 5.74) is 0.988. The number of aliphatic hydroxyl groups excluding tert-OH is 2. The van der Waals surface area contributed by atoms with Crippen molar-refractivity contribution in [1.29, 1.82) is 0 Å². The van der Waals surface area contributed by atoms with E-state index in [1.807, 2.05) is 6.92 Å². The Balaban J connectivity index is 1.73. The van der Waals surface area contributed by atoms with Crippen LogP contribution in [0.1, 0.15) is 58.8 Å². The summed E-state index contributed by atoms with van der Waals surface area (Å²) in [6, 6.07) is 0. The predicted molar refractivity (Wildman–Crippen MR) is 94.7 cm³/mol. The van der Waals surface area contributed by atoms with Crippen LogP contribution in [0.3, 0.4) is 0 Å². The summed E-state index contributed by atoms with van der Waals surface area (Å²) in [5, 5.41) is 30.6. The first-order chi connectivity index (χ1) is 11.8. The van der Waals surface area contributed by atoms with E-state index in [9.17, 15) is 20.1 Å². The SMILES string of the molecule is C[C@]12CCC(O)CC1=CC[C@@H]1C2=CC[C@@]2(C)[C@H]1CC[C@]2(O)C(=O)CO. The van der Waals surface area contributed by atoms with Crippen LogP contribution in [0.2, 0.25) is 0 Å². The fourth-order valence-electron chi connectivity index (χ4n) is 6.55. The third kappa shape index (κ3) is 2.14. The molecule has 4 heteroatoms. The molecule has 2 saturated carbocycles. The summed E-state index contributed by atoms with van der Waals surface area (Å²) in [4.78, 5) is 12.3. The van der Waals surface area contributed by atoms with Crippen molar-refractivity contribution in [2.24, 2.45) is 22.7 Å². The van der Waals surface area contributed by atoms with E-state index in [-0.39, 0.29) is 17.4 Å². The zero-order valence-electron chi connectivity index (χ0n) is 15.3. The van der Waals surface area contributed by atoms with Crippen LogP contribution < -0.4 is 0 Å². The number of ketones is 1. The molecule has 0 amide bonds. The molecule has 0 saturated heterocycles. The second-order valence-electron chi connectivity index (χ2n) is 9.17. The molecule has 0 bridgehead atoms. The van der Waals surface area contributed by atoms with Gasteiger partial charge in [-0.3, -0.25) is 4.79 Å². The fourth-order valence-corrected chi connectivity index (χ4v) is 6.55. The molecule has 0 aromatic carbocycles. The predicted octanol–water partition coefficient (Wildman–Crippen LogP) is 2.52. The standard InChI is InChI=1S/C21H30O4/c1-19-8-5-14(23)11-13(19)3-4-15-16(19)6-9-20(2)17(15)7-10-21(20,25)18(24)12-22/h3,6,14-15,17,22-23,25H,4-5,7-12H2,1-2H3/t14?,15-,17+,19+,20+,21+/m1/s1. The zero-order chi connectivity index (χ0) is 18.0. The molecule has 1 unspecified atom stereocenters. The van der Waals surface area contributed by atoms with Crippen molar-refractivity contribution in [3.05, 3.63) is 23.3 Å². The van der Waals surface area contributed by atoms with Crippen LogP contribution in [0.5, 0.6) is 0 Å². The second-order valence-corrected chi connectivity index (χ2v) is 9.17. The van der Waals surface area contributed by atoms with Gasteiger partial charge in [0.1, 0.15) is 12.2 Å². The first kappa shape index (κ1) is 17.4. The minimum Gasteiger partial charge on any atom is -0.393 e. The van der Waals surface area contributed by atoms with Crippen molar-refractivity contribution in [3.8, 4) is 0 Å². The lowest BCUT2D eigenvalue weighted by Crippen LogP contribution is -2.55. The van der Waals surface area contributed by atoms with E-state index < -0.39 is 23.4 Å². The second kappa shape index (κ2) is 5.51. The minimum absolute atomic E-state index is 0.0329. The minimum atomic E-state index is -1.40. The Hall–Kier alpha value is -0.970. The summed E-state index contributed by atoms with van der Waals surface area (Å²) in [7, 11) is 0. The lowest BCUT2D eigenvalue weighted by molar-refractivity contribution is -0.155. The van der Waals surface area contributed by atoms with Crippen molar-refractivity contribution in [2.75, 3.05) is 6.61 Å². The molecule has 0 heterocycles. The summed E-state index contributed by atoms with van der Waals surface area (Å²) in [5.74, 6) is 0.214. The van der Waals surface area contributed by atoms with E-state index in [4.69, 9.17) is 0 Å². The zero-order valence-corrected chi connectivity index (χ0v) is 15.3. The lowest BCUT2D eigenvalue weighted by atomic mass is 9.51. The van der Waals surface area contributed by atoms with Crippen molar-refractivity contribution in [2.45, 2.75) is 70.5 Å². The highest BCUT2D eigenvalue weighted by atomic mass is 16.3. The Morgan fingerprint density at radius 2 is 2.00 bits per heavy atom. The van der Waals surface area contributed by atoms with E-state index in [2.05, 4.69) is 19.1 Å². The molecule has 25 heavy (non-hydrogen) atoms. The molecule has 4 nitrogen and oxygen atoms in total. The molecule has 0 spiro atoms. The Morgan fingerprint density at radius 1 is 1.24 bits per heavy atom. The van der Waals surface area contributed by atoms with Gasteiger partial charge in [0.05, 0.1) is 6.10 Å². The van der Waals surface area contributed by atoms with Crippen LogP contribution in [0.25, 0.3) is 0 Å². The van der Waals surface area contributed by atoms with Crippen LogP contribution in [0, 0.1) is 22.7 Å². The van der Waals surface area contributed by atoms with E-state index in [0.29, 0.717) is 18.8 Å². The maximum Gasteiger partial charge on any atom is 0.190 e. The summed E-state index contributed by atoms with van der Waals surface area (Å²) in [6.07, 6.45) is 9.90. The fraction of sp³-hybridized carbons (Fsp3) is 0.762. The number of Topliss-reactive ketones (excluding diaryl/α,β-unsaturated/α-hetero) is 1. The first-order valence-electron chi connectivity index (χ1n) is 9.71. The van der Waals surface area contributed by atoms with Crippen molar-refractivity contribution in [1.82, 2.24) is 0 Å². The quantitative estimate of drug-likeness (QED) is 0.672. The average molecular weight is 346 g/mol. The third-order valence-corrected chi connectivity index (χ3v) is 8.21. The number of carbonyl (C=O) groups is 1. The van der Waals surface area contributed by atoms with E-state index in [1.54, 1.807) is 0 Å². The molecule has 0 aromatic rings. The normalized spacial score (nSPS) is 48.8. The molecule has 4 rings (SSSR count). The van der Waals surface area contributed by atoms with Gasteiger partial charge in [0.2, 0.25) is 0 Å². The Labute approximate surface area is 149 Å². The van der Waals surface area contributed by atoms with Gasteiger partial charge >= 0.3 is 0 Å². The molecule has 0 aromatic heterocycles. The molecule has 6 atom stereocenters. The van der Waals surface area contributed by atoms with Crippen LogP contribution in [-0.2, 0) is 4.79 Å². The van der Waals surface area contributed by atoms with Crippen LogP contribution in [0.4, 0.5) is 0 Å². The number of carbonyl (C=O) groups excluding carboxylic acids is 1. The molecule has 138 valence electrons. The van der Waals surface area contributed by atoms with Crippen molar-refractivity contribution < 1.29 is 20.1 Å². The number of rotatable bonds is 2. The summed E-state index contributed by atoms with van der Waals surface area (Å²) >= 11 is 0. The average Bonchev–Trinajstić information content (AvgIpc) is 2.87. The van der Waals surface area contributed by atoms with Gasteiger partial charge < -0.3 is 15.3 Å². The van der Waals surface area contributed by atoms with Gasteiger partial charge in [-0.2, -0.15) is 0 Å². The number of hydrogen-bond donors (Lipinski definition) is 3. The van der Waals surface area contributed by atoms with Gasteiger partial charge in [-0.1, -0.05) is 37.1 Å². The number of allylic oxidation sites excluding steroid dienone is 3. The molecular weight excluding hydrogens is 316 g/mol. The first-order valence-corrected chi connectivity index (χ1v) is 9.71. The van der Waals surface area contributed by atoms with Gasteiger partial charge in [0.25, 0.3) is 0 Å².